The van der Waals surface area contributed by atoms with E-state index in [1.54, 1.807) is 19.2 Å². The highest BCUT2D eigenvalue weighted by atomic mass is 32.2. The van der Waals surface area contributed by atoms with Crippen LogP contribution in [0.4, 0.5) is 0 Å². The number of carbonyl (C=O) groups excluding carboxylic acids is 2. The SMILES string of the molecule is C=CC(=O)N(C)C1CN(C(=O)CS(=O)(=O)c2ccc(C)cc2)C1. The van der Waals surface area contributed by atoms with Crippen molar-refractivity contribution in [3.63, 3.8) is 0 Å². The molecule has 1 fully saturated rings. The molecule has 1 aliphatic heterocycles. The first-order valence-corrected chi connectivity index (χ1v) is 8.86. The number of benzene rings is 1. The minimum Gasteiger partial charge on any atom is -0.338 e. The van der Waals surface area contributed by atoms with Crippen LogP contribution in [-0.2, 0) is 19.4 Å². The number of likely N-dealkylation sites (tertiary alicyclic amines) is 1. The quantitative estimate of drug-likeness (QED) is 0.739. The molecule has 1 heterocycles. The fourth-order valence-corrected chi connectivity index (χ4v) is 3.54. The number of sulfone groups is 1. The van der Waals surface area contributed by atoms with Gasteiger partial charge in [0.1, 0.15) is 5.75 Å². The van der Waals surface area contributed by atoms with E-state index in [1.807, 2.05) is 6.92 Å². The summed E-state index contributed by atoms with van der Waals surface area (Å²) >= 11 is 0. The molecule has 2 rings (SSSR count). The number of rotatable bonds is 5. The first kappa shape index (κ1) is 17.2. The second kappa shape index (κ2) is 6.54. The van der Waals surface area contributed by atoms with E-state index in [0.29, 0.717) is 13.1 Å². The zero-order valence-corrected chi connectivity index (χ0v) is 14.0. The molecular weight excluding hydrogens is 316 g/mol. The van der Waals surface area contributed by atoms with Crippen molar-refractivity contribution in [3.8, 4) is 0 Å². The molecular formula is C16H20N2O4S. The second-order valence-corrected chi connectivity index (χ2v) is 7.67. The Labute approximate surface area is 136 Å². The Balaban J connectivity index is 1.95. The molecule has 0 unspecified atom stereocenters. The van der Waals surface area contributed by atoms with Crippen molar-refractivity contribution in [2.24, 2.45) is 0 Å². The fourth-order valence-electron chi connectivity index (χ4n) is 2.31. The topological polar surface area (TPSA) is 74.8 Å². The van der Waals surface area contributed by atoms with E-state index in [0.717, 1.165) is 5.56 Å². The number of aryl methyl sites for hydroxylation is 1. The smallest absolute Gasteiger partial charge is 0.246 e. The monoisotopic (exact) mass is 336 g/mol. The van der Waals surface area contributed by atoms with Gasteiger partial charge < -0.3 is 9.80 Å². The number of likely N-dealkylation sites (N-methyl/N-ethyl adjacent to an activating group) is 1. The Bertz CT molecular complexity index is 719. The molecule has 1 aromatic rings. The van der Waals surface area contributed by atoms with Gasteiger partial charge in [-0.15, -0.1) is 0 Å². The number of carbonyl (C=O) groups is 2. The largest absolute Gasteiger partial charge is 0.338 e. The average Bonchev–Trinajstić information content (AvgIpc) is 2.44. The van der Waals surface area contributed by atoms with Gasteiger partial charge in [0.25, 0.3) is 0 Å². The summed E-state index contributed by atoms with van der Waals surface area (Å²) in [5.74, 6) is -1.21. The van der Waals surface area contributed by atoms with E-state index in [2.05, 4.69) is 6.58 Å². The lowest BCUT2D eigenvalue weighted by atomic mass is 10.1. The Morgan fingerprint density at radius 3 is 2.39 bits per heavy atom. The van der Waals surface area contributed by atoms with Crippen molar-refractivity contribution in [1.29, 1.82) is 0 Å². The maximum Gasteiger partial charge on any atom is 0.246 e. The van der Waals surface area contributed by atoms with E-state index in [-0.39, 0.29) is 16.8 Å². The standard InChI is InChI=1S/C16H20N2O4S/c1-4-15(19)17(3)13-9-18(10-13)16(20)11-23(21,22)14-7-5-12(2)6-8-14/h4-8,13H,1,9-11H2,2-3H3. The van der Waals surface area contributed by atoms with Crippen LogP contribution in [0.1, 0.15) is 5.56 Å². The highest BCUT2D eigenvalue weighted by Gasteiger charge is 2.36. The Morgan fingerprint density at radius 2 is 1.87 bits per heavy atom. The van der Waals surface area contributed by atoms with Crippen LogP contribution in [0.25, 0.3) is 0 Å². The van der Waals surface area contributed by atoms with Gasteiger partial charge in [-0.05, 0) is 25.1 Å². The molecule has 2 amide bonds. The molecule has 0 atom stereocenters. The Kier molecular flexibility index (Phi) is 4.89. The van der Waals surface area contributed by atoms with Crippen molar-refractivity contribution in [2.45, 2.75) is 17.9 Å². The summed E-state index contributed by atoms with van der Waals surface area (Å²) in [6.07, 6.45) is 1.21. The van der Waals surface area contributed by atoms with Gasteiger partial charge >= 0.3 is 0 Å². The normalized spacial score (nSPS) is 15.0. The molecule has 0 bridgehead atoms. The van der Waals surface area contributed by atoms with Crippen molar-refractivity contribution in [1.82, 2.24) is 9.80 Å². The molecule has 7 heteroatoms. The number of hydrogen-bond acceptors (Lipinski definition) is 4. The van der Waals surface area contributed by atoms with Gasteiger partial charge in [0, 0.05) is 20.1 Å². The molecule has 6 nitrogen and oxygen atoms in total. The minimum atomic E-state index is -3.64. The van der Waals surface area contributed by atoms with Gasteiger partial charge in [0.05, 0.1) is 10.9 Å². The minimum absolute atomic E-state index is 0.0912. The number of amides is 2. The van der Waals surface area contributed by atoms with E-state index in [9.17, 15) is 18.0 Å². The maximum atomic E-state index is 12.2. The molecule has 1 aliphatic rings. The number of hydrogen-bond donors (Lipinski definition) is 0. The highest BCUT2D eigenvalue weighted by Crippen LogP contribution is 2.17. The van der Waals surface area contributed by atoms with Crippen LogP contribution in [0.5, 0.6) is 0 Å². The first-order valence-electron chi connectivity index (χ1n) is 7.21. The molecule has 0 saturated carbocycles. The average molecular weight is 336 g/mol. The molecule has 124 valence electrons. The summed E-state index contributed by atoms with van der Waals surface area (Å²) < 4.78 is 24.5. The zero-order chi connectivity index (χ0) is 17.2. The van der Waals surface area contributed by atoms with E-state index < -0.39 is 21.5 Å². The number of nitrogens with zero attached hydrogens (tertiary/aromatic N) is 2. The van der Waals surface area contributed by atoms with Crippen LogP contribution >= 0.6 is 0 Å². The molecule has 23 heavy (non-hydrogen) atoms. The lowest BCUT2D eigenvalue weighted by Gasteiger charge is -2.43. The van der Waals surface area contributed by atoms with Crippen molar-refractivity contribution in [3.05, 3.63) is 42.5 Å². The second-order valence-electron chi connectivity index (χ2n) is 5.68. The summed E-state index contributed by atoms with van der Waals surface area (Å²) in [5.41, 5.74) is 0.954. The summed E-state index contributed by atoms with van der Waals surface area (Å²) in [6.45, 7) is 5.97. The lowest BCUT2D eigenvalue weighted by Crippen LogP contribution is -2.61. The summed E-state index contributed by atoms with van der Waals surface area (Å²) in [6, 6.07) is 6.33. The van der Waals surface area contributed by atoms with Gasteiger partial charge in [-0.1, -0.05) is 24.3 Å². The van der Waals surface area contributed by atoms with Gasteiger partial charge in [-0.2, -0.15) is 0 Å². The van der Waals surface area contributed by atoms with E-state index in [1.165, 1.54) is 28.0 Å². The Morgan fingerprint density at radius 1 is 1.30 bits per heavy atom. The molecule has 1 saturated heterocycles. The summed E-state index contributed by atoms with van der Waals surface area (Å²) in [4.78, 5) is 26.7. The molecule has 0 aromatic heterocycles. The fraction of sp³-hybridized carbons (Fsp3) is 0.375. The predicted molar refractivity (Wildman–Crippen MR) is 86.6 cm³/mol. The summed E-state index contributed by atoms with van der Waals surface area (Å²) in [5, 5.41) is 0. The third-order valence-electron chi connectivity index (χ3n) is 3.98. The summed E-state index contributed by atoms with van der Waals surface area (Å²) in [7, 11) is -2.01. The van der Waals surface area contributed by atoms with Gasteiger partial charge in [0.15, 0.2) is 9.84 Å². The van der Waals surface area contributed by atoms with Crippen LogP contribution < -0.4 is 0 Å². The molecule has 0 aliphatic carbocycles. The third-order valence-corrected chi connectivity index (χ3v) is 5.60. The molecule has 0 N–H and O–H groups in total. The third kappa shape index (κ3) is 3.79. The van der Waals surface area contributed by atoms with E-state index in [4.69, 9.17) is 0 Å². The zero-order valence-electron chi connectivity index (χ0n) is 13.2. The van der Waals surface area contributed by atoms with Crippen LogP contribution in [-0.4, -0.2) is 62.0 Å². The Hall–Kier alpha value is -2.15. The van der Waals surface area contributed by atoms with Crippen molar-refractivity contribution in [2.75, 3.05) is 25.9 Å². The van der Waals surface area contributed by atoms with Crippen molar-refractivity contribution >= 4 is 21.7 Å². The van der Waals surface area contributed by atoms with Gasteiger partial charge in [-0.25, -0.2) is 8.42 Å². The van der Waals surface area contributed by atoms with Crippen LogP contribution in [0.15, 0.2) is 41.8 Å². The van der Waals surface area contributed by atoms with Crippen LogP contribution in [0.3, 0.4) is 0 Å². The van der Waals surface area contributed by atoms with Gasteiger partial charge in [-0.3, -0.25) is 9.59 Å². The highest BCUT2D eigenvalue weighted by molar-refractivity contribution is 7.92. The molecule has 0 radical (unpaired) electrons. The maximum absolute atomic E-state index is 12.2. The van der Waals surface area contributed by atoms with E-state index >= 15 is 0 Å². The van der Waals surface area contributed by atoms with Gasteiger partial charge in [0.2, 0.25) is 11.8 Å². The predicted octanol–water partition coefficient (Wildman–Crippen LogP) is 0.624. The molecule has 0 spiro atoms. The first-order chi connectivity index (χ1) is 10.7. The van der Waals surface area contributed by atoms with Crippen LogP contribution in [0.2, 0.25) is 0 Å². The van der Waals surface area contributed by atoms with Crippen LogP contribution in [0, 0.1) is 6.92 Å². The van der Waals surface area contributed by atoms with Crippen molar-refractivity contribution < 1.29 is 18.0 Å². The lowest BCUT2D eigenvalue weighted by molar-refractivity contribution is -0.141. The molecule has 1 aromatic carbocycles.